The highest BCUT2D eigenvalue weighted by atomic mass is 16.8. The van der Waals surface area contributed by atoms with Gasteiger partial charge in [-0.05, 0) is 99.9 Å². The van der Waals surface area contributed by atoms with Gasteiger partial charge >= 0.3 is 12.1 Å². The topological polar surface area (TPSA) is 204 Å². The predicted molar refractivity (Wildman–Crippen MR) is 225 cm³/mol. The van der Waals surface area contributed by atoms with Crippen LogP contribution in [0.1, 0.15) is 100 Å². The maximum atomic E-state index is 14.4. The van der Waals surface area contributed by atoms with Gasteiger partial charge < -0.3 is 68.5 Å². The zero-order valence-electron chi connectivity index (χ0n) is 38.6. The molecule has 1 aromatic carbocycles. The van der Waals surface area contributed by atoms with Crippen LogP contribution in [-0.2, 0) is 49.3 Å². The molecule has 1 aromatic rings. The first-order valence-electron chi connectivity index (χ1n) is 21.9. The second-order valence-corrected chi connectivity index (χ2v) is 18.8. The molecule has 61 heavy (non-hydrogen) atoms. The third-order valence-corrected chi connectivity index (χ3v) is 13.1. The van der Waals surface area contributed by atoms with Crippen molar-refractivity contribution in [2.24, 2.45) is 17.8 Å². The normalized spacial score (nSPS) is 43.4. The summed E-state index contributed by atoms with van der Waals surface area (Å²) in [6, 6.07) is 8.22. The molecule has 0 aliphatic carbocycles. The molecule has 4 rings (SSSR count). The first-order valence-corrected chi connectivity index (χ1v) is 21.9. The van der Waals surface area contributed by atoms with E-state index in [4.69, 9.17) is 37.9 Å². The van der Waals surface area contributed by atoms with Crippen LogP contribution in [0.3, 0.4) is 0 Å². The van der Waals surface area contributed by atoms with Crippen molar-refractivity contribution in [3.05, 3.63) is 35.9 Å². The van der Waals surface area contributed by atoms with Crippen LogP contribution in [0.4, 0.5) is 4.79 Å². The number of methoxy groups -OCH3 is 1. The van der Waals surface area contributed by atoms with Crippen LogP contribution in [0.2, 0.25) is 0 Å². The van der Waals surface area contributed by atoms with Gasteiger partial charge in [-0.3, -0.25) is 4.79 Å². The molecule has 3 aliphatic heterocycles. The summed E-state index contributed by atoms with van der Waals surface area (Å²) in [7, 11) is 5.24. The van der Waals surface area contributed by atoms with E-state index in [-0.39, 0.29) is 43.9 Å². The second kappa shape index (κ2) is 21.5. The lowest BCUT2D eigenvalue weighted by atomic mass is 9.77. The molecular formula is C45H76N2O14. The van der Waals surface area contributed by atoms with Crippen molar-refractivity contribution in [1.82, 2.24) is 10.2 Å². The van der Waals surface area contributed by atoms with Crippen LogP contribution >= 0.6 is 0 Å². The molecule has 18 atom stereocenters. The molecular weight excluding hydrogens is 792 g/mol. The Hall–Kier alpha value is -2.48. The van der Waals surface area contributed by atoms with E-state index in [1.54, 1.807) is 48.5 Å². The first-order chi connectivity index (χ1) is 28.4. The first kappa shape index (κ1) is 51.2. The highest BCUT2D eigenvalue weighted by molar-refractivity contribution is 5.73. The Balaban J connectivity index is 1.81. The van der Waals surface area contributed by atoms with Crippen LogP contribution in [0, 0.1) is 17.8 Å². The largest absolute Gasteiger partial charge is 0.509 e. The van der Waals surface area contributed by atoms with E-state index in [1.807, 2.05) is 63.2 Å². The van der Waals surface area contributed by atoms with Crippen LogP contribution in [0.5, 0.6) is 0 Å². The number of aliphatic hydroxyl groups excluding tert-OH is 2. The lowest BCUT2D eigenvalue weighted by Crippen LogP contribution is -2.61. The van der Waals surface area contributed by atoms with Crippen molar-refractivity contribution in [2.45, 2.75) is 192 Å². The Bertz CT molecular complexity index is 1530. The number of cyclic esters (lactones) is 1. The summed E-state index contributed by atoms with van der Waals surface area (Å²) in [6.07, 6.45) is -9.94. The SMILES string of the molecule is CC[C@H]1OC(=O)[C@H](C)[C@@H](OC2C[C@@](C)(OC)[C@@H](O)[C@H](C)O2)[C@H](C)[C@@H](OC2O[C@H](C)C[C@H](N(C)C)[C@H]2OC(=O)OCc2ccccc2)[C@](C)(O)C[C@@H](C)CN[C@H](C)[C@@H](O)[C@]1(C)O. The van der Waals surface area contributed by atoms with Crippen molar-refractivity contribution in [3.63, 3.8) is 0 Å². The summed E-state index contributed by atoms with van der Waals surface area (Å²) in [5, 5.41) is 50.2. The zero-order valence-corrected chi connectivity index (χ0v) is 38.6. The van der Waals surface area contributed by atoms with Gasteiger partial charge in [0.15, 0.2) is 18.7 Å². The maximum absolute atomic E-state index is 14.4. The van der Waals surface area contributed by atoms with Gasteiger partial charge in [-0.15, -0.1) is 0 Å². The van der Waals surface area contributed by atoms with Crippen LogP contribution in [0.15, 0.2) is 30.3 Å². The number of aliphatic hydroxyl groups is 4. The zero-order chi connectivity index (χ0) is 45.6. The Labute approximate surface area is 362 Å². The number of rotatable bonds is 10. The summed E-state index contributed by atoms with van der Waals surface area (Å²) >= 11 is 0. The van der Waals surface area contributed by atoms with E-state index >= 15 is 0 Å². The molecule has 0 radical (unpaired) electrons. The molecule has 0 spiro atoms. The average molecular weight is 869 g/mol. The third-order valence-electron chi connectivity index (χ3n) is 13.1. The Morgan fingerprint density at radius 2 is 1.59 bits per heavy atom. The predicted octanol–water partition coefficient (Wildman–Crippen LogP) is 3.92. The third kappa shape index (κ3) is 12.6. The number of ether oxygens (including phenoxy) is 8. The van der Waals surface area contributed by atoms with E-state index in [0.717, 1.165) is 5.56 Å². The van der Waals surface area contributed by atoms with Crippen LogP contribution in [0.25, 0.3) is 0 Å². The number of likely N-dealkylation sites (N-methyl/N-ethyl adjacent to an activating group) is 1. The van der Waals surface area contributed by atoms with Crippen LogP contribution in [-0.4, -0.2) is 155 Å². The lowest BCUT2D eigenvalue weighted by Gasteiger charge is -2.49. The number of hydrogen-bond acceptors (Lipinski definition) is 16. The van der Waals surface area contributed by atoms with E-state index in [0.29, 0.717) is 13.0 Å². The molecule has 0 saturated carbocycles. The van der Waals surface area contributed by atoms with Crippen molar-refractivity contribution in [3.8, 4) is 0 Å². The van der Waals surface area contributed by atoms with E-state index in [1.165, 1.54) is 14.0 Å². The summed E-state index contributed by atoms with van der Waals surface area (Å²) in [4.78, 5) is 29.7. The Morgan fingerprint density at radius 3 is 2.20 bits per heavy atom. The number of carbonyl (C=O) groups excluding carboxylic acids is 2. The summed E-state index contributed by atoms with van der Waals surface area (Å²) in [5.74, 6) is -2.86. The fraction of sp³-hybridized carbons (Fsp3) is 0.822. The molecule has 5 N–H and O–H groups in total. The quantitative estimate of drug-likeness (QED) is 0.212. The minimum Gasteiger partial charge on any atom is -0.459 e. The highest BCUT2D eigenvalue weighted by Crippen LogP contribution is 2.40. The molecule has 2 unspecified atom stereocenters. The lowest BCUT2D eigenvalue weighted by molar-refractivity contribution is -0.318. The Kier molecular flexibility index (Phi) is 18.0. The number of hydrogen-bond donors (Lipinski definition) is 5. The molecule has 16 heteroatoms. The van der Waals surface area contributed by atoms with Crippen molar-refractivity contribution < 1.29 is 67.9 Å². The minimum absolute atomic E-state index is 0.0138. The van der Waals surface area contributed by atoms with E-state index in [9.17, 15) is 30.0 Å². The summed E-state index contributed by atoms with van der Waals surface area (Å²) in [6.45, 7) is 17.6. The smallest absolute Gasteiger partial charge is 0.459 e. The van der Waals surface area contributed by atoms with E-state index in [2.05, 4.69) is 5.32 Å². The van der Waals surface area contributed by atoms with Crippen molar-refractivity contribution in [1.29, 1.82) is 0 Å². The van der Waals surface area contributed by atoms with Gasteiger partial charge in [0, 0.05) is 25.5 Å². The van der Waals surface area contributed by atoms with Gasteiger partial charge in [0.05, 0.1) is 47.6 Å². The number of benzene rings is 1. The van der Waals surface area contributed by atoms with Gasteiger partial charge in [0.1, 0.15) is 30.5 Å². The van der Waals surface area contributed by atoms with Crippen molar-refractivity contribution in [2.75, 3.05) is 27.7 Å². The molecule has 3 fully saturated rings. The molecule has 0 bridgehead atoms. The average Bonchev–Trinajstić information content (AvgIpc) is 3.20. The number of nitrogens with zero attached hydrogens (tertiary/aromatic N) is 1. The van der Waals surface area contributed by atoms with Crippen LogP contribution < -0.4 is 5.32 Å². The summed E-state index contributed by atoms with van der Waals surface area (Å²) < 4.78 is 49.8. The highest BCUT2D eigenvalue weighted by Gasteiger charge is 2.53. The minimum atomic E-state index is -1.84. The number of carbonyl (C=O) groups is 2. The van der Waals surface area contributed by atoms with E-state index < -0.39 is 102 Å². The van der Waals surface area contributed by atoms with Gasteiger partial charge in [-0.25, -0.2) is 4.79 Å². The molecule has 3 heterocycles. The monoisotopic (exact) mass is 869 g/mol. The fourth-order valence-electron chi connectivity index (χ4n) is 9.33. The van der Waals surface area contributed by atoms with Gasteiger partial charge in [0.25, 0.3) is 0 Å². The molecule has 0 amide bonds. The number of esters is 1. The molecule has 3 saturated heterocycles. The maximum Gasteiger partial charge on any atom is 0.509 e. The molecule has 0 aromatic heterocycles. The summed E-state index contributed by atoms with van der Waals surface area (Å²) in [5.41, 5.74) is -3.78. The molecule has 350 valence electrons. The van der Waals surface area contributed by atoms with Gasteiger partial charge in [-0.1, -0.05) is 51.1 Å². The van der Waals surface area contributed by atoms with Gasteiger partial charge in [-0.2, -0.15) is 0 Å². The second-order valence-electron chi connectivity index (χ2n) is 18.8. The Morgan fingerprint density at radius 1 is 0.934 bits per heavy atom. The molecule has 3 aliphatic rings. The van der Waals surface area contributed by atoms with Crippen molar-refractivity contribution >= 4 is 12.1 Å². The molecule has 16 nitrogen and oxygen atoms in total. The fourth-order valence-corrected chi connectivity index (χ4v) is 9.33. The van der Waals surface area contributed by atoms with Gasteiger partial charge in [0.2, 0.25) is 0 Å². The standard InChI is InChI=1S/C45H76N2O14/c1-14-33-45(10,53)37(48)29(6)46-23-25(2)21-43(8,52)39(27(4)35(28(5)40(50)58-33)59-34-22-44(9,54-13)38(49)30(7)57-34)61-41-36(32(47(11)12)20-26(3)56-41)60-42(51)55-24-31-18-16-15-17-19-31/h15-19,25-30,32-39,41,46,48-49,52-53H,14,20-24H2,1-13H3/t25-,26-,27+,28-,29-,30+,32+,33-,34?,35+,36-,37-,38+,39-,41?,43-,44-,45-/m1/s1. The number of nitrogens with one attached hydrogen (secondary N) is 1.